The zero-order valence-corrected chi connectivity index (χ0v) is 14.8. The molecular weight excluding hydrogens is 324 g/mol. The van der Waals surface area contributed by atoms with E-state index in [2.05, 4.69) is 16.1 Å². The Kier molecular flexibility index (Phi) is 4.64. The molecule has 3 aromatic rings. The molecule has 0 unspecified atom stereocenters. The van der Waals surface area contributed by atoms with Crippen LogP contribution in [0.1, 0.15) is 0 Å². The lowest BCUT2D eigenvalue weighted by Crippen LogP contribution is -2.22. The molecule has 0 bridgehead atoms. The fourth-order valence-corrected chi connectivity index (χ4v) is 3.17. The number of nitrogen functional groups attached to an aromatic ring is 1. The smallest absolute Gasteiger partial charge is 0.154 e. The van der Waals surface area contributed by atoms with E-state index in [0.29, 0.717) is 17.4 Å². The minimum atomic E-state index is 0.518. The van der Waals surface area contributed by atoms with E-state index in [9.17, 15) is 0 Å². The molecule has 2 aromatic carbocycles. The van der Waals surface area contributed by atoms with Crippen LogP contribution in [0.2, 0.25) is 5.02 Å². The highest BCUT2D eigenvalue weighted by Gasteiger charge is 2.18. The number of anilines is 2. The molecule has 0 radical (unpaired) electrons. The number of halogens is 1. The monoisotopic (exact) mass is 344 g/mol. The summed E-state index contributed by atoms with van der Waals surface area (Å²) in [5.74, 6) is 0.518. The van der Waals surface area contributed by atoms with Crippen molar-refractivity contribution in [1.29, 1.82) is 0 Å². The predicted molar refractivity (Wildman–Crippen MR) is 101 cm³/mol. The van der Waals surface area contributed by atoms with Crippen molar-refractivity contribution in [1.82, 2.24) is 9.78 Å². The fourth-order valence-electron chi connectivity index (χ4n) is 2.98. The van der Waals surface area contributed by atoms with Crippen LogP contribution in [0.5, 0.6) is 0 Å². The minimum absolute atomic E-state index is 0.518. The van der Waals surface area contributed by atoms with Gasteiger partial charge in [-0.15, -0.1) is 0 Å². The number of methoxy groups -OCH3 is 1. The Labute approximate surface area is 146 Å². The topological polar surface area (TPSA) is 56.3 Å². The Morgan fingerprint density at radius 2 is 2.08 bits per heavy atom. The molecule has 0 spiro atoms. The van der Waals surface area contributed by atoms with E-state index in [-0.39, 0.29) is 0 Å². The van der Waals surface area contributed by atoms with Crippen LogP contribution in [0.15, 0.2) is 36.4 Å². The second kappa shape index (κ2) is 6.71. The molecule has 126 valence electrons. The first-order valence-electron chi connectivity index (χ1n) is 7.74. The molecule has 0 amide bonds. The Morgan fingerprint density at radius 1 is 1.29 bits per heavy atom. The van der Waals surface area contributed by atoms with Crippen LogP contribution in [-0.4, -0.2) is 37.1 Å². The third-order valence-corrected chi connectivity index (χ3v) is 4.41. The first-order valence-corrected chi connectivity index (χ1v) is 8.12. The summed E-state index contributed by atoms with van der Waals surface area (Å²) in [5.41, 5.74) is 10.3. The van der Waals surface area contributed by atoms with Crippen molar-refractivity contribution >= 4 is 34.0 Å². The zero-order chi connectivity index (χ0) is 17.3. The van der Waals surface area contributed by atoms with E-state index >= 15 is 0 Å². The zero-order valence-electron chi connectivity index (χ0n) is 14.1. The summed E-state index contributed by atoms with van der Waals surface area (Å²) in [6.45, 7) is 1.42. The molecule has 0 saturated carbocycles. The quantitative estimate of drug-likeness (QED) is 0.769. The van der Waals surface area contributed by atoms with Crippen molar-refractivity contribution in [2.75, 3.05) is 37.9 Å². The number of rotatable bonds is 5. The maximum atomic E-state index is 6.22. The van der Waals surface area contributed by atoms with Gasteiger partial charge in [0.2, 0.25) is 0 Å². The number of ether oxygens (including phenoxy) is 1. The molecular formula is C18H21ClN4O. The highest BCUT2D eigenvalue weighted by Crippen LogP contribution is 2.40. The van der Waals surface area contributed by atoms with Crippen molar-refractivity contribution in [3.05, 3.63) is 41.4 Å². The van der Waals surface area contributed by atoms with Gasteiger partial charge in [-0.25, -0.2) is 0 Å². The molecule has 0 aliphatic heterocycles. The van der Waals surface area contributed by atoms with Gasteiger partial charge in [-0.2, -0.15) is 5.10 Å². The number of aromatic nitrogens is 2. The van der Waals surface area contributed by atoms with Gasteiger partial charge in [-0.1, -0.05) is 23.7 Å². The third kappa shape index (κ3) is 2.92. The number of aryl methyl sites for hydroxylation is 1. The van der Waals surface area contributed by atoms with Gasteiger partial charge in [0, 0.05) is 44.0 Å². The van der Waals surface area contributed by atoms with Gasteiger partial charge >= 0.3 is 0 Å². The number of nitrogens with zero attached hydrogens (tertiary/aromatic N) is 3. The van der Waals surface area contributed by atoms with E-state index < -0.39 is 0 Å². The molecule has 0 aliphatic rings. The maximum absolute atomic E-state index is 6.22. The van der Waals surface area contributed by atoms with Crippen LogP contribution in [-0.2, 0) is 11.8 Å². The lowest BCUT2D eigenvalue weighted by Gasteiger charge is -2.23. The lowest BCUT2D eigenvalue weighted by molar-refractivity contribution is 0.206. The van der Waals surface area contributed by atoms with Crippen molar-refractivity contribution in [3.63, 3.8) is 0 Å². The van der Waals surface area contributed by atoms with Crippen LogP contribution in [0.4, 0.5) is 11.5 Å². The molecule has 1 aromatic heterocycles. The van der Waals surface area contributed by atoms with E-state index in [1.807, 2.05) is 44.4 Å². The van der Waals surface area contributed by atoms with Crippen LogP contribution in [0, 0.1) is 0 Å². The number of hydrogen-bond acceptors (Lipinski definition) is 4. The van der Waals surface area contributed by atoms with Crippen LogP contribution >= 0.6 is 11.6 Å². The molecule has 1 heterocycles. The fraction of sp³-hybridized carbons (Fsp3) is 0.278. The molecule has 0 fully saturated rings. The van der Waals surface area contributed by atoms with E-state index in [4.69, 9.17) is 22.1 Å². The van der Waals surface area contributed by atoms with Crippen molar-refractivity contribution < 1.29 is 4.74 Å². The van der Waals surface area contributed by atoms with Crippen LogP contribution < -0.4 is 10.6 Å². The summed E-state index contributed by atoms with van der Waals surface area (Å²) in [6, 6.07) is 12.0. The first-order chi connectivity index (χ1) is 11.5. The number of hydrogen-bond donors (Lipinski definition) is 1. The summed E-state index contributed by atoms with van der Waals surface area (Å²) in [7, 11) is 5.64. The Hall–Kier alpha value is -2.24. The number of nitrogens with two attached hydrogens (primary N) is 1. The van der Waals surface area contributed by atoms with Crippen molar-refractivity contribution in [3.8, 4) is 11.1 Å². The molecule has 2 N–H and O–H groups in total. The Balaban J connectivity index is 2.28. The van der Waals surface area contributed by atoms with E-state index in [0.717, 1.165) is 34.3 Å². The van der Waals surface area contributed by atoms with Gasteiger partial charge in [0.25, 0.3) is 0 Å². The lowest BCUT2D eigenvalue weighted by atomic mass is 9.98. The SMILES string of the molecule is COCCN(C)c1ccc2c(c(N)nn2C)c1-c1cccc(Cl)c1. The largest absolute Gasteiger partial charge is 0.383 e. The van der Waals surface area contributed by atoms with Crippen LogP contribution in [0.25, 0.3) is 22.0 Å². The summed E-state index contributed by atoms with van der Waals surface area (Å²) in [6.07, 6.45) is 0. The van der Waals surface area contributed by atoms with Gasteiger partial charge in [0.05, 0.1) is 17.5 Å². The normalized spacial score (nSPS) is 11.2. The summed E-state index contributed by atoms with van der Waals surface area (Å²) in [5, 5.41) is 6.02. The summed E-state index contributed by atoms with van der Waals surface area (Å²) in [4.78, 5) is 2.16. The van der Waals surface area contributed by atoms with Gasteiger partial charge in [-0.3, -0.25) is 4.68 Å². The van der Waals surface area contributed by atoms with Crippen molar-refractivity contribution in [2.24, 2.45) is 7.05 Å². The predicted octanol–water partition coefficient (Wildman–Crippen LogP) is 3.56. The molecule has 5 nitrogen and oxygen atoms in total. The summed E-state index contributed by atoms with van der Waals surface area (Å²) < 4.78 is 7.01. The number of likely N-dealkylation sites (N-methyl/N-ethyl adjacent to an activating group) is 1. The molecule has 0 aliphatic carbocycles. The summed E-state index contributed by atoms with van der Waals surface area (Å²) >= 11 is 6.22. The van der Waals surface area contributed by atoms with Gasteiger partial charge < -0.3 is 15.4 Å². The molecule has 24 heavy (non-hydrogen) atoms. The standard InChI is InChI=1S/C18H21ClN4O/c1-22(9-10-24-3)14-7-8-15-17(18(20)21-23(15)2)16(14)12-5-4-6-13(19)11-12/h4-8,11H,9-10H2,1-3H3,(H2,20,21). The number of fused-ring (bicyclic) bond motifs is 1. The van der Waals surface area contributed by atoms with Gasteiger partial charge in [0.15, 0.2) is 5.82 Å². The maximum Gasteiger partial charge on any atom is 0.154 e. The number of benzene rings is 2. The molecule has 0 saturated heterocycles. The second-order valence-electron chi connectivity index (χ2n) is 5.79. The van der Waals surface area contributed by atoms with Gasteiger partial charge in [-0.05, 0) is 29.8 Å². The van der Waals surface area contributed by atoms with Crippen LogP contribution in [0.3, 0.4) is 0 Å². The van der Waals surface area contributed by atoms with Gasteiger partial charge in [0.1, 0.15) is 0 Å². The Morgan fingerprint density at radius 3 is 2.79 bits per heavy atom. The van der Waals surface area contributed by atoms with E-state index in [1.54, 1.807) is 11.8 Å². The molecule has 0 atom stereocenters. The first kappa shape index (κ1) is 16.6. The van der Waals surface area contributed by atoms with E-state index in [1.165, 1.54) is 0 Å². The highest BCUT2D eigenvalue weighted by atomic mass is 35.5. The highest BCUT2D eigenvalue weighted by molar-refractivity contribution is 6.31. The third-order valence-electron chi connectivity index (χ3n) is 4.18. The molecule has 6 heteroatoms. The molecule has 3 rings (SSSR count). The minimum Gasteiger partial charge on any atom is -0.383 e. The Bertz CT molecular complexity index is 875. The average Bonchev–Trinajstić information content (AvgIpc) is 2.86. The second-order valence-corrected chi connectivity index (χ2v) is 6.22. The van der Waals surface area contributed by atoms with Crippen molar-refractivity contribution in [2.45, 2.75) is 0 Å². The average molecular weight is 345 g/mol.